The minimum absolute atomic E-state index is 0.135. The number of anilines is 1. The molecule has 0 spiro atoms. The maximum atomic E-state index is 13.1. The molecule has 152 valence electrons. The fourth-order valence-electron chi connectivity index (χ4n) is 2.86. The third-order valence-electron chi connectivity index (χ3n) is 4.59. The minimum atomic E-state index is -4.58. The number of para-hydroxylation sites is 2. The first kappa shape index (κ1) is 20.5. The maximum absolute atomic E-state index is 13.1. The Morgan fingerprint density at radius 1 is 1.17 bits per heavy atom. The van der Waals surface area contributed by atoms with Crippen molar-refractivity contribution in [2.75, 3.05) is 12.4 Å². The lowest BCUT2D eigenvalue weighted by Crippen LogP contribution is -2.40. The highest BCUT2D eigenvalue weighted by atomic mass is 19.4. The van der Waals surface area contributed by atoms with Crippen LogP contribution in [0.25, 0.3) is 10.9 Å². The van der Waals surface area contributed by atoms with E-state index >= 15 is 0 Å². The van der Waals surface area contributed by atoms with Gasteiger partial charge in [0.15, 0.2) is 0 Å². The van der Waals surface area contributed by atoms with Crippen molar-refractivity contribution in [2.45, 2.75) is 25.7 Å². The van der Waals surface area contributed by atoms with Gasteiger partial charge in [-0.05, 0) is 38.2 Å². The van der Waals surface area contributed by atoms with Crippen molar-refractivity contribution in [3.05, 3.63) is 70.3 Å². The highest BCUT2D eigenvalue weighted by Gasteiger charge is 2.34. The molecule has 0 aliphatic heterocycles. The van der Waals surface area contributed by atoms with Crippen molar-refractivity contribution in [1.29, 1.82) is 0 Å². The molecule has 0 saturated heterocycles. The summed E-state index contributed by atoms with van der Waals surface area (Å²) in [6.07, 6.45) is -4.58. The molecule has 2 aromatic carbocycles. The zero-order valence-electron chi connectivity index (χ0n) is 15.7. The first-order valence-corrected chi connectivity index (χ1v) is 8.82. The topological polar surface area (TPSA) is 78.1 Å². The standard InChI is InChI=1S/C20H19F3N4O2/c1-12(18(28)25-16-10-6-4-8-14(16)20(21,22)23)27(2)11-17-24-15-9-5-3-7-13(15)19(29)26-17/h3-10,12H,11H2,1-2H3,(H,25,28)(H,24,26,29)/t12-/m0/s1. The van der Waals surface area contributed by atoms with Crippen LogP contribution in [-0.4, -0.2) is 33.9 Å². The zero-order valence-corrected chi connectivity index (χ0v) is 15.7. The number of carbonyl (C=O) groups is 1. The first-order valence-electron chi connectivity index (χ1n) is 8.82. The number of amides is 1. The number of nitrogens with one attached hydrogen (secondary N) is 2. The molecule has 0 unspecified atom stereocenters. The fraction of sp³-hybridized carbons (Fsp3) is 0.250. The summed E-state index contributed by atoms with van der Waals surface area (Å²) in [5, 5.41) is 2.78. The van der Waals surface area contributed by atoms with Crippen molar-refractivity contribution in [3.63, 3.8) is 0 Å². The molecule has 29 heavy (non-hydrogen) atoms. The van der Waals surface area contributed by atoms with Crippen LogP contribution in [0.2, 0.25) is 0 Å². The van der Waals surface area contributed by atoms with E-state index in [0.29, 0.717) is 16.7 Å². The van der Waals surface area contributed by atoms with E-state index in [9.17, 15) is 22.8 Å². The van der Waals surface area contributed by atoms with Gasteiger partial charge in [-0.2, -0.15) is 13.2 Å². The second-order valence-electron chi connectivity index (χ2n) is 6.65. The molecular formula is C20H19F3N4O2. The van der Waals surface area contributed by atoms with Crippen LogP contribution in [0, 0.1) is 0 Å². The molecule has 1 heterocycles. The molecule has 0 bridgehead atoms. The molecule has 0 saturated carbocycles. The summed E-state index contributed by atoms with van der Waals surface area (Å²) >= 11 is 0. The van der Waals surface area contributed by atoms with Gasteiger partial charge in [-0.1, -0.05) is 24.3 Å². The highest BCUT2D eigenvalue weighted by Crippen LogP contribution is 2.34. The predicted octanol–water partition coefficient (Wildman–Crippen LogP) is 3.40. The SMILES string of the molecule is C[C@@H](C(=O)Nc1ccccc1C(F)(F)F)N(C)Cc1nc2ccccc2c(=O)[nH]1. The van der Waals surface area contributed by atoms with Gasteiger partial charge in [0.05, 0.1) is 34.7 Å². The van der Waals surface area contributed by atoms with Crippen LogP contribution >= 0.6 is 0 Å². The second-order valence-corrected chi connectivity index (χ2v) is 6.65. The van der Waals surface area contributed by atoms with Crippen LogP contribution in [0.15, 0.2) is 53.3 Å². The third kappa shape index (κ3) is 4.62. The number of halogens is 3. The molecule has 9 heteroatoms. The Kier molecular flexibility index (Phi) is 5.69. The van der Waals surface area contributed by atoms with Gasteiger partial charge in [0.2, 0.25) is 5.91 Å². The largest absolute Gasteiger partial charge is 0.418 e. The quantitative estimate of drug-likeness (QED) is 0.683. The normalized spacial score (nSPS) is 12.9. The smallest absolute Gasteiger partial charge is 0.324 e. The van der Waals surface area contributed by atoms with E-state index in [4.69, 9.17) is 0 Å². The van der Waals surface area contributed by atoms with E-state index in [-0.39, 0.29) is 17.8 Å². The molecule has 0 radical (unpaired) electrons. The lowest BCUT2D eigenvalue weighted by Gasteiger charge is -2.24. The van der Waals surface area contributed by atoms with E-state index in [1.807, 2.05) is 0 Å². The molecule has 1 atom stereocenters. The lowest BCUT2D eigenvalue weighted by atomic mass is 10.1. The van der Waals surface area contributed by atoms with Crippen molar-refractivity contribution >= 4 is 22.5 Å². The molecular weight excluding hydrogens is 385 g/mol. The number of H-pyrrole nitrogens is 1. The molecule has 6 nitrogen and oxygen atoms in total. The summed E-state index contributed by atoms with van der Waals surface area (Å²) in [7, 11) is 1.62. The van der Waals surface area contributed by atoms with Crippen LogP contribution in [0.4, 0.5) is 18.9 Å². The summed E-state index contributed by atoms with van der Waals surface area (Å²) in [5.41, 5.74) is -0.989. The Morgan fingerprint density at radius 3 is 2.55 bits per heavy atom. The Bertz CT molecular complexity index is 1090. The Balaban J connectivity index is 1.75. The van der Waals surface area contributed by atoms with Gasteiger partial charge < -0.3 is 10.3 Å². The minimum Gasteiger partial charge on any atom is -0.324 e. The Hall–Kier alpha value is -3.20. The number of benzene rings is 2. The van der Waals surface area contributed by atoms with Crippen LogP contribution in [-0.2, 0) is 17.5 Å². The summed E-state index contributed by atoms with van der Waals surface area (Å²) in [4.78, 5) is 33.3. The van der Waals surface area contributed by atoms with Crippen LogP contribution in [0.1, 0.15) is 18.3 Å². The number of aromatic nitrogens is 2. The summed E-state index contributed by atoms with van der Waals surface area (Å²) in [6, 6.07) is 10.9. The van der Waals surface area contributed by atoms with Crippen molar-refractivity contribution < 1.29 is 18.0 Å². The average molecular weight is 404 g/mol. The molecule has 0 aliphatic carbocycles. The zero-order chi connectivity index (χ0) is 21.2. The number of fused-ring (bicyclic) bond motifs is 1. The van der Waals surface area contributed by atoms with Crippen LogP contribution < -0.4 is 10.9 Å². The Labute approximate surface area is 164 Å². The second kappa shape index (κ2) is 8.04. The molecule has 0 aliphatic rings. The number of hydrogen-bond acceptors (Lipinski definition) is 4. The summed E-state index contributed by atoms with van der Waals surface area (Å²) < 4.78 is 39.3. The number of rotatable bonds is 5. The molecule has 1 amide bonds. The van der Waals surface area contributed by atoms with Gasteiger partial charge in [-0.15, -0.1) is 0 Å². The predicted molar refractivity (Wildman–Crippen MR) is 103 cm³/mol. The van der Waals surface area contributed by atoms with Crippen molar-refractivity contribution in [3.8, 4) is 0 Å². The fourth-order valence-corrected chi connectivity index (χ4v) is 2.86. The highest BCUT2D eigenvalue weighted by molar-refractivity contribution is 5.95. The number of likely N-dealkylation sites (N-methyl/N-ethyl adjacent to an activating group) is 1. The summed E-state index contributed by atoms with van der Waals surface area (Å²) in [5.74, 6) is -0.251. The van der Waals surface area contributed by atoms with Crippen molar-refractivity contribution in [1.82, 2.24) is 14.9 Å². The van der Waals surface area contributed by atoms with Crippen LogP contribution in [0.5, 0.6) is 0 Å². The van der Waals surface area contributed by atoms with Gasteiger partial charge in [-0.25, -0.2) is 4.98 Å². The Morgan fingerprint density at radius 2 is 1.83 bits per heavy atom. The first-order chi connectivity index (χ1) is 13.7. The molecule has 2 N–H and O–H groups in total. The van der Waals surface area contributed by atoms with Gasteiger partial charge in [0.25, 0.3) is 5.56 Å². The van der Waals surface area contributed by atoms with E-state index < -0.39 is 23.7 Å². The van der Waals surface area contributed by atoms with Gasteiger partial charge in [-0.3, -0.25) is 14.5 Å². The number of alkyl halides is 3. The van der Waals surface area contributed by atoms with Crippen LogP contribution in [0.3, 0.4) is 0 Å². The van der Waals surface area contributed by atoms with E-state index in [2.05, 4.69) is 15.3 Å². The van der Waals surface area contributed by atoms with Gasteiger partial charge in [0, 0.05) is 0 Å². The lowest BCUT2D eigenvalue weighted by molar-refractivity contribution is -0.137. The number of aromatic amines is 1. The molecule has 3 rings (SSSR count). The third-order valence-corrected chi connectivity index (χ3v) is 4.59. The number of carbonyl (C=O) groups excluding carboxylic acids is 1. The number of nitrogens with zero attached hydrogens (tertiary/aromatic N) is 2. The van der Waals surface area contributed by atoms with Crippen molar-refractivity contribution in [2.24, 2.45) is 0 Å². The number of hydrogen-bond donors (Lipinski definition) is 2. The van der Waals surface area contributed by atoms with E-state index in [1.54, 1.807) is 43.1 Å². The molecule has 3 aromatic rings. The maximum Gasteiger partial charge on any atom is 0.418 e. The van der Waals surface area contributed by atoms with E-state index in [0.717, 1.165) is 6.07 Å². The molecule has 1 aromatic heterocycles. The van der Waals surface area contributed by atoms with Gasteiger partial charge >= 0.3 is 6.18 Å². The summed E-state index contributed by atoms with van der Waals surface area (Å²) in [6.45, 7) is 1.69. The molecule has 0 fully saturated rings. The van der Waals surface area contributed by atoms with E-state index in [1.165, 1.54) is 18.2 Å². The monoisotopic (exact) mass is 404 g/mol. The van der Waals surface area contributed by atoms with Gasteiger partial charge in [0.1, 0.15) is 5.82 Å². The average Bonchev–Trinajstić information content (AvgIpc) is 2.67.